The average Bonchev–Trinajstić information content (AvgIpc) is 2.40. The molecular formula is C12H18N2O4. The summed E-state index contributed by atoms with van der Waals surface area (Å²) in [4.78, 5) is 10.3. The summed E-state index contributed by atoms with van der Waals surface area (Å²) in [5.41, 5.74) is 0.816. The van der Waals surface area contributed by atoms with Crippen molar-refractivity contribution in [2.75, 3.05) is 13.2 Å². The SMILES string of the molecule is CCC(NC(CO)CO)c1cccc([N+](=O)[O-])c1. The van der Waals surface area contributed by atoms with Crippen molar-refractivity contribution in [3.63, 3.8) is 0 Å². The Bertz CT molecular complexity index is 393. The molecular weight excluding hydrogens is 236 g/mol. The number of aliphatic hydroxyl groups is 2. The molecule has 0 heterocycles. The van der Waals surface area contributed by atoms with Crippen molar-refractivity contribution < 1.29 is 15.1 Å². The fourth-order valence-corrected chi connectivity index (χ4v) is 1.75. The predicted octanol–water partition coefficient (Wildman–Crippen LogP) is 0.989. The zero-order chi connectivity index (χ0) is 13.5. The lowest BCUT2D eigenvalue weighted by atomic mass is 10.0. The number of aliphatic hydroxyl groups excluding tert-OH is 2. The first kappa shape index (κ1) is 14.6. The lowest BCUT2D eigenvalue weighted by Crippen LogP contribution is -2.38. The van der Waals surface area contributed by atoms with Gasteiger partial charge in [0.15, 0.2) is 0 Å². The van der Waals surface area contributed by atoms with Gasteiger partial charge in [0.25, 0.3) is 5.69 Å². The van der Waals surface area contributed by atoms with Gasteiger partial charge in [0.1, 0.15) is 0 Å². The van der Waals surface area contributed by atoms with E-state index in [1.807, 2.05) is 6.92 Å². The van der Waals surface area contributed by atoms with Crippen LogP contribution in [0.4, 0.5) is 5.69 Å². The minimum atomic E-state index is -0.439. The Kier molecular flexibility index (Phi) is 5.70. The third-order valence-electron chi connectivity index (χ3n) is 2.77. The standard InChI is InChI=1S/C12H18N2O4/c1-2-12(13-10(7-15)8-16)9-4-3-5-11(6-9)14(17)18/h3-6,10,12-13,15-16H,2,7-8H2,1H3. The van der Waals surface area contributed by atoms with Crippen LogP contribution in [-0.2, 0) is 0 Å². The maximum atomic E-state index is 10.7. The fourth-order valence-electron chi connectivity index (χ4n) is 1.75. The van der Waals surface area contributed by atoms with Crippen LogP contribution in [0.1, 0.15) is 24.9 Å². The summed E-state index contributed by atoms with van der Waals surface area (Å²) in [5.74, 6) is 0. The Labute approximate surface area is 105 Å². The van der Waals surface area contributed by atoms with Crippen molar-refractivity contribution in [3.05, 3.63) is 39.9 Å². The molecule has 0 aliphatic carbocycles. The number of benzene rings is 1. The molecule has 0 aromatic heterocycles. The van der Waals surface area contributed by atoms with Crippen LogP contribution in [0.25, 0.3) is 0 Å². The maximum absolute atomic E-state index is 10.7. The first-order valence-electron chi connectivity index (χ1n) is 5.84. The van der Waals surface area contributed by atoms with E-state index < -0.39 is 11.0 Å². The van der Waals surface area contributed by atoms with Gasteiger partial charge in [-0.1, -0.05) is 19.1 Å². The van der Waals surface area contributed by atoms with E-state index in [2.05, 4.69) is 5.32 Å². The van der Waals surface area contributed by atoms with Gasteiger partial charge < -0.3 is 15.5 Å². The minimum Gasteiger partial charge on any atom is -0.395 e. The molecule has 1 aromatic carbocycles. The Morgan fingerprint density at radius 1 is 1.39 bits per heavy atom. The van der Waals surface area contributed by atoms with Crippen molar-refractivity contribution in [2.24, 2.45) is 0 Å². The van der Waals surface area contributed by atoms with E-state index in [0.717, 1.165) is 5.56 Å². The van der Waals surface area contributed by atoms with Gasteiger partial charge in [-0.2, -0.15) is 0 Å². The summed E-state index contributed by atoms with van der Waals surface area (Å²) in [7, 11) is 0. The Balaban J connectivity index is 2.87. The van der Waals surface area contributed by atoms with Crippen LogP contribution in [0.15, 0.2) is 24.3 Å². The number of hydrogen-bond donors (Lipinski definition) is 3. The molecule has 6 nitrogen and oxygen atoms in total. The number of nitrogens with one attached hydrogen (secondary N) is 1. The zero-order valence-electron chi connectivity index (χ0n) is 10.2. The van der Waals surface area contributed by atoms with Gasteiger partial charge in [-0.05, 0) is 12.0 Å². The van der Waals surface area contributed by atoms with Crippen molar-refractivity contribution in [3.8, 4) is 0 Å². The molecule has 1 rings (SSSR count). The molecule has 3 N–H and O–H groups in total. The van der Waals surface area contributed by atoms with E-state index in [1.165, 1.54) is 12.1 Å². The normalized spacial score (nSPS) is 12.7. The summed E-state index contributed by atoms with van der Waals surface area (Å²) in [6.45, 7) is 1.58. The number of nitro benzene ring substituents is 1. The van der Waals surface area contributed by atoms with Gasteiger partial charge >= 0.3 is 0 Å². The molecule has 1 unspecified atom stereocenters. The van der Waals surface area contributed by atoms with Crippen molar-refractivity contribution in [2.45, 2.75) is 25.4 Å². The number of non-ortho nitro benzene ring substituents is 1. The second-order valence-electron chi connectivity index (χ2n) is 4.04. The highest BCUT2D eigenvalue weighted by molar-refractivity contribution is 5.35. The molecule has 0 saturated carbocycles. The molecule has 0 amide bonds. The second-order valence-corrected chi connectivity index (χ2v) is 4.04. The molecule has 0 bridgehead atoms. The Morgan fingerprint density at radius 3 is 2.56 bits per heavy atom. The number of nitrogens with zero attached hydrogens (tertiary/aromatic N) is 1. The molecule has 18 heavy (non-hydrogen) atoms. The smallest absolute Gasteiger partial charge is 0.269 e. The highest BCUT2D eigenvalue weighted by Crippen LogP contribution is 2.21. The molecule has 100 valence electrons. The minimum absolute atomic E-state index is 0.0392. The van der Waals surface area contributed by atoms with Crippen LogP contribution in [0.2, 0.25) is 0 Å². The van der Waals surface area contributed by atoms with Crippen LogP contribution >= 0.6 is 0 Å². The maximum Gasteiger partial charge on any atom is 0.269 e. The quantitative estimate of drug-likeness (QED) is 0.498. The Hall–Kier alpha value is -1.50. The Morgan fingerprint density at radius 2 is 2.06 bits per heavy atom. The van der Waals surface area contributed by atoms with Gasteiger partial charge in [-0.3, -0.25) is 10.1 Å². The summed E-state index contributed by atoms with van der Waals surface area (Å²) in [6, 6.07) is 5.81. The predicted molar refractivity (Wildman–Crippen MR) is 67.2 cm³/mol. The van der Waals surface area contributed by atoms with Gasteiger partial charge in [-0.15, -0.1) is 0 Å². The molecule has 1 atom stereocenters. The van der Waals surface area contributed by atoms with E-state index in [1.54, 1.807) is 12.1 Å². The fraction of sp³-hybridized carbons (Fsp3) is 0.500. The summed E-state index contributed by atoms with van der Waals surface area (Å²) in [6.07, 6.45) is 0.706. The molecule has 0 aliphatic rings. The van der Waals surface area contributed by atoms with Crippen LogP contribution in [0.5, 0.6) is 0 Å². The molecule has 0 saturated heterocycles. The van der Waals surface area contributed by atoms with E-state index in [9.17, 15) is 10.1 Å². The first-order chi connectivity index (χ1) is 8.62. The summed E-state index contributed by atoms with van der Waals surface area (Å²) >= 11 is 0. The lowest BCUT2D eigenvalue weighted by molar-refractivity contribution is -0.384. The van der Waals surface area contributed by atoms with Gasteiger partial charge in [0.05, 0.1) is 24.2 Å². The summed E-state index contributed by atoms with van der Waals surface area (Å²) < 4.78 is 0. The van der Waals surface area contributed by atoms with Crippen molar-refractivity contribution in [1.82, 2.24) is 5.32 Å². The highest BCUT2D eigenvalue weighted by Gasteiger charge is 2.16. The van der Waals surface area contributed by atoms with Crippen LogP contribution in [-0.4, -0.2) is 34.4 Å². The van der Waals surface area contributed by atoms with E-state index in [0.29, 0.717) is 6.42 Å². The monoisotopic (exact) mass is 254 g/mol. The topological polar surface area (TPSA) is 95.6 Å². The molecule has 0 aliphatic heterocycles. The number of nitro groups is 1. The van der Waals surface area contributed by atoms with E-state index in [-0.39, 0.29) is 24.9 Å². The van der Waals surface area contributed by atoms with Gasteiger partial charge in [-0.25, -0.2) is 0 Å². The van der Waals surface area contributed by atoms with Crippen molar-refractivity contribution >= 4 is 5.69 Å². The first-order valence-corrected chi connectivity index (χ1v) is 5.84. The number of hydrogen-bond acceptors (Lipinski definition) is 5. The van der Waals surface area contributed by atoms with Crippen LogP contribution in [0, 0.1) is 10.1 Å². The molecule has 0 fully saturated rings. The second kappa shape index (κ2) is 7.05. The van der Waals surface area contributed by atoms with E-state index >= 15 is 0 Å². The van der Waals surface area contributed by atoms with Crippen LogP contribution < -0.4 is 5.32 Å². The van der Waals surface area contributed by atoms with Gasteiger partial charge in [0, 0.05) is 18.2 Å². The highest BCUT2D eigenvalue weighted by atomic mass is 16.6. The third-order valence-corrected chi connectivity index (χ3v) is 2.77. The lowest BCUT2D eigenvalue weighted by Gasteiger charge is -2.22. The average molecular weight is 254 g/mol. The van der Waals surface area contributed by atoms with E-state index in [4.69, 9.17) is 10.2 Å². The van der Waals surface area contributed by atoms with Crippen molar-refractivity contribution in [1.29, 1.82) is 0 Å². The van der Waals surface area contributed by atoms with Gasteiger partial charge in [0.2, 0.25) is 0 Å². The molecule has 6 heteroatoms. The zero-order valence-corrected chi connectivity index (χ0v) is 10.2. The largest absolute Gasteiger partial charge is 0.395 e. The molecule has 1 aromatic rings. The molecule has 0 spiro atoms. The third kappa shape index (κ3) is 3.76. The van der Waals surface area contributed by atoms with Crippen LogP contribution in [0.3, 0.4) is 0 Å². The molecule has 0 radical (unpaired) electrons. The number of rotatable bonds is 7. The summed E-state index contributed by atoms with van der Waals surface area (Å²) in [5, 5.41) is 31.8.